The van der Waals surface area contributed by atoms with Gasteiger partial charge in [0.15, 0.2) is 0 Å². The molecule has 0 aliphatic heterocycles. The summed E-state index contributed by atoms with van der Waals surface area (Å²) in [5.74, 6) is -0.232. The highest BCUT2D eigenvalue weighted by Crippen LogP contribution is 2.17. The van der Waals surface area contributed by atoms with Crippen molar-refractivity contribution < 1.29 is 14.3 Å². The Labute approximate surface area is 106 Å². The third-order valence-electron chi connectivity index (χ3n) is 2.12. The molecule has 1 aromatic rings. The molecule has 5 nitrogen and oxygen atoms in total. The van der Waals surface area contributed by atoms with Gasteiger partial charge in [-0.05, 0) is 12.1 Å². The van der Waals surface area contributed by atoms with E-state index in [1.54, 1.807) is 37.3 Å². The maximum atomic E-state index is 11.8. The summed E-state index contributed by atoms with van der Waals surface area (Å²) in [6.45, 7) is 5.55. The molecule has 1 rings (SSSR count). The minimum atomic E-state index is -0.420. The number of rotatable bonds is 5. The summed E-state index contributed by atoms with van der Waals surface area (Å²) >= 11 is 0. The normalized spacial score (nSPS) is 9.39. The molecule has 1 aromatic carbocycles. The molecular weight excluding hydrogens is 232 g/mol. The molecule has 0 aromatic heterocycles. The third-order valence-corrected chi connectivity index (χ3v) is 2.12. The molecule has 0 unspecified atom stereocenters. The van der Waals surface area contributed by atoms with Crippen molar-refractivity contribution in [1.29, 1.82) is 0 Å². The van der Waals surface area contributed by atoms with Crippen LogP contribution in [-0.2, 0) is 4.79 Å². The van der Waals surface area contributed by atoms with Crippen molar-refractivity contribution in [2.75, 3.05) is 6.61 Å². The minimum absolute atomic E-state index is 0.257. The standard InChI is InChI=1S/C13H16N2O3/c1-3-9-18-11-8-6-5-7-10(11)13(17)15-14-12(16)4-2/h3,5-8H,1,4,9H2,2H3,(H,14,16)(H,15,17). The van der Waals surface area contributed by atoms with Gasteiger partial charge < -0.3 is 4.74 Å². The lowest BCUT2D eigenvalue weighted by Crippen LogP contribution is -2.41. The summed E-state index contributed by atoms with van der Waals surface area (Å²) in [6.07, 6.45) is 1.89. The van der Waals surface area contributed by atoms with Gasteiger partial charge in [0, 0.05) is 6.42 Å². The van der Waals surface area contributed by atoms with Crippen LogP contribution in [0.2, 0.25) is 0 Å². The number of carbonyl (C=O) groups excluding carboxylic acids is 2. The van der Waals surface area contributed by atoms with E-state index in [4.69, 9.17) is 4.74 Å². The van der Waals surface area contributed by atoms with E-state index in [0.29, 0.717) is 24.3 Å². The van der Waals surface area contributed by atoms with Crippen molar-refractivity contribution in [3.63, 3.8) is 0 Å². The van der Waals surface area contributed by atoms with E-state index in [1.807, 2.05) is 0 Å². The first-order chi connectivity index (χ1) is 8.69. The lowest BCUT2D eigenvalue weighted by atomic mass is 10.2. The number of hydrogen-bond acceptors (Lipinski definition) is 3. The zero-order valence-corrected chi connectivity index (χ0v) is 10.2. The van der Waals surface area contributed by atoms with Crippen molar-refractivity contribution >= 4 is 11.8 Å². The molecule has 0 aliphatic carbocycles. The van der Waals surface area contributed by atoms with Crippen LogP contribution in [0.1, 0.15) is 23.7 Å². The molecule has 2 amide bonds. The van der Waals surface area contributed by atoms with Crippen molar-refractivity contribution in [2.45, 2.75) is 13.3 Å². The van der Waals surface area contributed by atoms with Crippen LogP contribution in [0.3, 0.4) is 0 Å². The second kappa shape index (κ2) is 7.11. The summed E-state index contributed by atoms with van der Waals surface area (Å²) in [7, 11) is 0. The zero-order chi connectivity index (χ0) is 13.4. The van der Waals surface area contributed by atoms with Crippen molar-refractivity contribution in [3.8, 4) is 5.75 Å². The third kappa shape index (κ3) is 3.93. The molecule has 0 saturated heterocycles. The largest absolute Gasteiger partial charge is 0.489 e. The number of nitrogens with one attached hydrogen (secondary N) is 2. The first kappa shape index (κ1) is 13.8. The molecule has 0 bridgehead atoms. The number of hydrazine groups is 1. The predicted octanol–water partition coefficient (Wildman–Crippen LogP) is 1.42. The molecule has 0 fully saturated rings. The van der Waals surface area contributed by atoms with Gasteiger partial charge in [-0.1, -0.05) is 31.7 Å². The number of amides is 2. The molecule has 18 heavy (non-hydrogen) atoms. The highest BCUT2D eigenvalue weighted by Gasteiger charge is 2.11. The SMILES string of the molecule is C=CCOc1ccccc1C(=O)NNC(=O)CC. The lowest BCUT2D eigenvalue weighted by Gasteiger charge is -2.10. The summed E-state index contributed by atoms with van der Waals surface area (Å²) in [5.41, 5.74) is 4.98. The number of ether oxygens (including phenoxy) is 1. The average molecular weight is 248 g/mol. The Hall–Kier alpha value is -2.30. The Morgan fingerprint density at radius 2 is 2.06 bits per heavy atom. The molecule has 0 heterocycles. The highest BCUT2D eigenvalue weighted by atomic mass is 16.5. The number of carbonyl (C=O) groups is 2. The Balaban J connectivity index is 2.71. The predicted molar refractivity (Wildman–Crippen MR) is 68.0 cm³/mol. The highest BCUT2D eigenvalue weighted by molar-refractivity contribution is 5.97. The fourth-order valence-corrected chi connectivity index (χ4v) is 1.21. The van der Waals surface area contributed by atoms with Crippen LogP contribution in [0.5, 0.6) is 5.75 Å². The quantitative estimate of drug-likeness (QED) is 0.611. The molecule has 0 atom stereocenters. The molecule has 0 radical (unpaired) electrons. The van der Waals surface area contributed by atoms with Gasteiger partial charge in [0.2, 0.25) is 5.91 Å². The molecular formula is C13H16N2O3. The Morgan fingerprint density at radius 3 is 2.72 bits per heavy atom. The molecule has 0 aliphatic rings. The molecule has 96 valence electrons. The Morgan fingerprint density at radius 1 is 1.33 bits per heavy atom. The first-order valence-corrected chi connectivity index (χ1v) is 5.61. The van der Waals surface area contributed by atoms with Gasteiger partial charge in [0.1, 0.15) is 12.4 Å². The Bertz CT molecular complexity index is 444. The Kier molecular flexibility index (Phi) is 5.44. The summed E-state index contributed by atoms with van der Waals surface area (Å²) < 4.78 is 5.35. The molecule has 5 heteroatoms. The van der Waals surface area contributed by atoms with Crippen LogP contribution in [0, 0.1) is 0 Å². The van der Waals surface area contributed by atoms with Crippen LogP contribution < -0.4 is 15.6 Å². The lowest BCUT2D eigenvalue weighted by molar-refractivity contribution is -0.121. The van der Waals surface area contributed by atoms with E-state index in [9.17, 15) is 9.59 Å². The number of para-hydroxylation sites is 1. The topological polar surface area (TPSA) is 67.4 Å². The number of benzene rings is 1. The van der Waals surface area contributed by atoms with E-state index in [-0.39, 0.29) is 5.91 Å². The summed E-state index contributed by atoms with van der Waals surface area (Å²) in [6, 6.07) is 6.78. The van der Waals surface area contributed by atoms with E-state index >= 15 is 0 Å². The second-order valence-corrected chi connectivity index (χ2v) is 3.45. The first-order valence-electron chi connectivity index (χ1n) is 5.61. The molecule has 0 saturated carbocycles. The fourth-order valence-electron chi connectivity index (χ4n) is 1.21. The molecule has 0 spiro atoms. The monoisotopic (exact) mass is 248 g/mol. The zero-order valence-electron chi connectivity index (χ0n) is 10.2. The maximum absolute atomic E-state index is 11.8. The second-order valence-electron chi connectivity index (χ2n) is 3.45. The van der Waals surface area contributed by atoms with Crippen molar-refractivity contribution in [3.05, 3.63) is 42.5 Å². The van der Waals surface area contributed by atoms with Crippen LogP contribution in [0.15, 0.2) is 36.9 Å². The van der Waals surface area contributed by atoms with E-state index in [0.717, 1.165) is 0 Å². The fraction of sp³-hybridized carbons (Fsp3) is 0.231. The van der Waals surface area contributed by atoms with Gasteiger partial charge in [0.25, 0.3) is 5.91 Å². The van der Waals surface area contributed by atoms with E-state index < -0.39 is 5.91 Å². The van der Waals surface area contributed by atoms with Gasteiger partial charge in [-0.15, -0.1) is 0 Å². The van der Waals surface area contributed by atoms with Gasteiger partial charge >= 0.3 is 0 Å². The van der Waals surface area contributed by atoms with Gasteiger partial charge in [-0.25, -0.2) is 0 Å². The van der Waals surface area contributed by atoms with E-state index in [2.05, 4.69) is 17.4 Å². The summed E-state index contributed by atoms with van der Waals surface area (Å²) in [4.78, 5) is 22.9. The average Bonchev–Trinajstić information content (AvgIpc) is 2.42. The van der Waals surface area contributed by atoms with E-state index in [1.165, 1.54) is 0 Å². The van der Waals surface area contributed by atoms with Gasteiger partial charge in [-0.3, -0.25) is 20.4 Å². The smallest absolute Gasteiger partial charge is 0.273 e. The van der Waals surface area contributed by atoms with Crippen LogP contribution in [-0.4, -0.2) is 18.4 Å². The summed E-state index contributed by atoms with van der Waals surface area (Å²) in [5, 5.41) is 0. The van der Waals surface area contributed by atoms with Crippen LogP contribution in [0.4, 0.5) is 0 Å². The van der Waals surface area contributed by atoms with Crippen LogP contribution >= 0.6 is 0 Å². The van der Waals surface area contributed by atoms with Crippen LogP contribution in [0.25, 0.3) is 0 Å². The maximum Gasteiger partial charge on any atom is 0.273 e. The number of hydrogen-bond donors (Lipinski definition) is 2. The van der Waals surface area contributed by atoms with Crippen molar-refractivity contribution in [1.82, 2.24) is 10.9 Å². The minimum Gasteiger partial charge on any atom is -0.489 e. The van der Waals surface area contributed by atoms with Crippen molar-refractivity contribution in [2.24, 2.45) is 0 Å². The van der Waals surface area contributed by atoms with Gasteiger partial charge in [0.05, 0.1) is 5.56 Å². The van der Waals surface area contributed by atoms with Gasteiger partial charge in [-0.2, -0.15) is 0 Å². The molecule has 2 N–H and O–H groups in total.